The van der Waals surface area contributed by atoms with E-state index in [1.54, 1.807) is 35.0 Å². The summed E-state index contributed by atoms with van der Waals surface area (Å²) >= 11 is 0. The van der Waals surface area contributed by atoms with Gasteiger partial charge in [0.15, 0.2) is 24.1 Å². The van der Waals surface area contributed by atoms with Crippen LogP contribution in [0.4, 0.5) is 0 Å². The summed E-state index contributed by atoms with van der Waals surface area (Å²) in [7, 11) is 15.5. The Morgan fingerprint density at radius 1 is 0.674 bits per heavy atom. The number of ether oxygens (including phenoxy) is 8. The number of likely N-dealkylation sites (N-methyl/N-ethyl adjacent to an activating group) is 3. The van der Waals surface area contributed by atoms with Gasteiger partial charge in [-0.2, -0.15) is 0 Å². The minimum Gasteiger partial charge on any atom is -0.463 e. The highest BCUT2D eigenvalue weighted by Crippen LogP contribution is 2.45. The van der Waals surface area contributed by atoms with Crippen molar-refractivity contribution in [2.24, 2.45) is 52.3 Å². The molecule has 5 aliphatic heterocycles. The van der Waals surface area contributed by atoms with Gasteiger partial charge in [-0.25, -0.2) is 0 Å². The van der Waals surface area contributed by atoms with Crippen LogP contribution in [0, 0.1) is 52.3 Å². The molecule has 1 unspecified atom stereocenters. The Morgan fingerprint density at radius 2 is 1.26 bits per heavy atom. The predicted molar refractivity (Wildman–Crippen MR) is 334 cm³/mol. The molecule has 0 aromatic rings. The molecule has 1 N–H and O–H groups in total. The fourth-order valence-corrected chi connectivity index (χ4v) is 16.0. The molecule has 19 nitrogen and oxygen atoms in total. The lowest BCUT2D eigenvalue weighted by Crippen LogP contribution is -2.60. The van der Waals surface area contributed by atoms with Crippen molar-refractivity contribution >= 4 is 23.5 Å². The van der Waals surface area contributed by atoms with Crippen LogP contribution in [0.1, 0.15) is 155 Å². The van der Waals surface area contributed by atoms with Gasteiger partial charge in [-0.1, -0.05) is 48.5 Å². The average molecular weight is 1220 g/mol. The van der Waals surface area contributed by atoms with Gasteiger partial charge in [0, 0.05) is 101 Å². The van der Waals surface area contributed by atoms with Gasteiger partial charge < -0.3 is 62.6 Å². The van der Waals surface area contributed by atoms with E-state index in [1.807, 2.05) is 60.5 Å². The summed E-state index contributed by atoms with van der Waals surface area (Å²) in [4.78, 5) is 75.6. The van der Waals surface area contributed by atoms with Crippen LogP contribution in [0.5, 0.6) is 0 Å². The minimum atomic E-state index is -1.72. The van der Waals surface area contributed by atoms with E-state index in [1.165, 1.54) is 0 Å². The summed E-state index contributed by atoms with van der Waals surface area (Å²) in [5.41, 5.74) is -5.49. The second-order valence-electron chi connectivity index (χ2n) is 30.1. The van der Waals surface area contributed by atoms with Gasteiger partial charge in [0.25, 0.3) is 0 Å². The number of aliphatic hydroxyl groups excluding tert-OH is 1. The Balaban J connectivity index is 1.48. The Morgan fingerprint density at radius 3 is 1.84 bits per heavy atom. The molecule has 0 radical (unpaired) electrons. The Kier molecular flexibility index (Phi) is 25.8. The lowest BCUT2D eigenvalue weighted by atomic mass is 9.69. The Bertz CT molecular complexity index is 2200. The first-order valence-electron chi connectivity index (χ1n) is 33.2. The number of carbonyl (C=O) groups excluding carboxylic acids is 4. The summed E-state index contributed by atoms with van der Waals surface area (Å²) in [5, 5.41) is 12.0. The van der Waals surface area contributed by atoms with Crippen LogP contribution in [-0.2, 0) is 57.1 Å². The fourth-order valence-electron chi connectivity index (χ4n) is 16.0. The van der Waals surface area contributed by atoms with Crippen molar-refractivity contribution in [1.29, 1.82) is 0 Å². The smallest absolute Gasteiger partial charge is 0.319 e. The first kappa shape index (κ1) is 72.8. The van der Waals surface area contributed by atoms with E-state index in [2.05, 4.69) is 87.3 Å². The molecule has 6 aliphatic rings. The van der Waals surface area contributed by atoms with Crippen molar-refractivity contribution in [2.75, 3.05) is 116 Å². The van der Waals surface area contributed by atoms with Crippen molar-refractivity contribution in [1.82, 2.24) is 29.4 Å². The second kappa shape index (κ2) is 30.5. The van der Waals surface area contributed by atoms with Gasteiger partial charge in [0.05, 0.1) is 35.6 Å². The summed E-state index contributed by atoms with van der Waals surface area (Å²) in [6.45, 7) is 33.6. The number of ketones is 2. The predicted octanol–water partition coefficient (Wildman–Crippen LogP) is 7.13. The van der Waals surface area contributed by atoms with Crippen molar-refractivity contribution < 1.29 is 62.2 Å². The number of cyclic esters (lactones) is 2. The van der Waals surface area contributed by atoms with Crippen LogP contribution >= 0.6 is 0 Å². The highest BCUT2D eigenvalue weighted by molar-refractivity contribution is 6.05. The lowest BCUT2D eigenvalue weighted by Gasteiger charge is -2.48. The number of carbonyl (C=O) groups is 4. The molecule has 5 heterocycles. The third-order valence-electron chi connectivity index (χ3n) is 21.8. The topological polar surface area (TPSA) is 182 Å². The maximum absolute atomic E-state index is 16.4. The number of Topliss-reactive ketones (excluding diaryl/α,β-unsaturated/α-hetero) is 2. The van der Waals surface area contributed by atoms with E-state index in [0.29, 0.717) is 57.2 Å². The van der Waals surface area contributed by atoms with Gasteiger partial charge in [0.1, 0.15) is 30.1 Å². The van der Waals surface area contributed by atoms with Crippen molar-refractivity contribution in [2.45, 2.75) is 239 Å². The molecule has 0 amide bonds. The van der Waals surface area contributed by atoms with E-state index in [-0.39, 0.29) is 91.2 Å². The molecular weight excluding hydrogens is 1100 g/mol. The summed E-state index contributed by atoms with van der Waals surface area (Å²) in [6.07, 6.45) is 0.0601. The molecule has 6 rings (SSSR count). The molecule has 1 aliphatic carbocycles. The van der Waals surface area contributed by atoms with Crippen molar-refractivity contribution in [3.63, 3.8) is 0 Å². The molecule has 19 heteroatoms. The molecule has 6 fully saturated rings. The number of esters is 2. The number of methoxy groups -OCH3 is 2. The first-order valence-corrected chi connectivity index (χ1v) is 33.2. The van der Waals surface area contributed by atoms with E-state index < -0.39 is 76.7 Å². The number of rotatable bonds is 18. The SMILES string of the molecule is CCN1C[C@H](C)C[C@@](C)(OC)[C@H](O[C@@H]2O[C@H](C)C[C@H](N(C)C)[C@H]2O)[C@@H](C)C(=O)C(C)(CC[C@H]2CN(C)[C@H]([C@H]3C[C@H](N(C)CC)C3)COC(=O)C(C)(C)C(=O)[C@H](C)[C@@H](O[C@H]3C[C@@H](N(C)C)C[C@@H](C)O3)[C@](C)(OC)C2)C(=O)OC[C@H]1C1CN(CC(C)C)C1. The number of aliphatic hydroxyl groups is 1. The van der Waals surface area contributed by atoms with Gasteiger partial charge in [-0.15, -0.1) is 0 Å². The third-order valence-corrected chi connectivity index (χ3v) is 21.8. The number of likely N-dealkylation sites (tertiary alicyclic amines) is 1. The molecule has 18 atom stereocenters. The van der Waals surface area contributed by atoms with E-state index in [0.717, 1.165) is 52.0 Å². The normalized spacial score (nSPS) is 41.3. The minimum absolute atomic E-state index is 0.0544. The van der Waals surface area contributed by atoms with Crippen LogP contribution in [0.15, 0.2) is 0 Å². The zero-order valence-corrected chi connectivity index (χ0v) is 57.7. The third kappa shape index (κ3) is 16.9. The van der Waals surface area contributed by atoms with Crippen molar-refractivity contribution in [3.8, 4) is 0 Å². The van der Waals surface area contributed by atoms with E-state index in [4.69, 9.17) is 37.9 Å². The maximum atomic E-state index is 16.4. The zero-order valence-electron chi connectivity index (χ0n) is 57.7. The molecule has 86 heavy (non-hydrogen) atoms. The van der Waals surface area contributed by atoms with Crippen LogP contribution < -0.4 is 0 Å². The summed E-state index contributed by atoms with van der Waals surface area (Å²) in [6, 6.07) is -0.0214. The highest BCUT2D eigenvalue weighted by Gasteiger charge is 2.56. The second-order valence-corrected chi connectivity index (χ2v) is 30.1. The molecule has 0 spiro atoms. The quantitative estimate of drug-likeness (QED) is 0.108. The van der Waals surface area contributed by atoms with E-state index >= 15 is 14.4 Å². The Labute approximate surface area is 520 Å². The maximum Gasteiger partial charge on any atom is 0.319 e. The van der Waals surface area contributed by atoms with Crippen LogP contribution in [0.3, 0.4) is 0 Å². The molecule has 0 aromatic heterocycles. The standard InChI is InChI=1S/C67H122N6O13/c1-23-70(19)51-29-48(30-51)53-39-81-62(77)64(10,11)57(75)45(8)59(85-55-31-50(68(15)16)27-43(6)83-55)67(14,80-22)33-47(36-71(53)20)25-26-65(12)58(76)46(9)60(86-61-56(74)52(69(17)18)28-44(7)84-61)66(13,79-21)32-42(5)35-73(24-2)54(40-82-63(65)78)49-37-72(38-49)34-41(3)4/h41-56,59-61,74H,23-40H2,1-22H3/t42-,43-,44-,45+,46+,47-,48-,50+,51-,52+,53+,54+,55+,56-,59-,60-,61+,65?,66-,67-/m1/s1. The number of nitrogens with zero attached hydrogens (tertiary/aromatic N) is 6. The first-order chi connectivity index (χ1) is 40.2. The molecule has 0 aromatic carbocycles. The van der Waals surface area contributed by atoms with Gasteiger partial charge >= 0.3 is 11.9 Å². The number of hydrogen-bond donors (Lipinski definition) is 1. The molecule has 498 valence electrons. The Hall–Kier alpha value is -2.24. The lowest BCUT2D eigenvalue weighted by molar-refractivity contribution is -0.295. The van der Waals surface area contributed by atoms with Crippen LogP contribution in [-0.4, -0.2) is 258 Å². The molecule has 1 saturated carbocycles. The van der Waals surface area contributed by atoms with Gasteiger partial charge in [-0.05, 0) is 179 Å². The van der Waals surface area contributed by atoms with Gasteiger partial charge in [-0.3, -0.25) is 29.0 Å². The largest absolute Gasteiger partial charge is 0.463 e. The molecular formula is C67H122N6O13. The zero-order chi connectivity index (χ0) is 64.1. The monoisotopic (exact) mass is 1220 g/mol. The highest BCUT2D eigenvalue weighted by atomic mass is 16.7. The summed E-state index contributed by atoms with van der Waals surface area (Å²) in [5.74, 6) is -2.93. The number of hydrogen-bond acceptors (Lipinski definition) is 19. The van der Waals surface area contributed by atoms with Gasteiger partial charge in [0.2, 0.25) is 0 Å². The molecule has 0 bridgehead atoms. The summed E-state index contributed by atoms with van der Waals surface area (Å²) < 4.78 is 53.7. The van der Waals surface area contributed by atoms with E-state index in [9.17, 15) is 9.90 Å². The molecule has 5 saturated heterocycles. The van der Waals surface area contributed by atoms with Crippen molar-refractivity contribution in [3.05, 3.63) is 0 Å². The fraction of sp³-hybridized carbons (Fsp3) is 0.940. The van der Waals surface area contributed by atoms with Crippen LogP contribution in [0.25, 0.3) is 0 Å². The average Bonchev–Trinajstić information content (AvgIpc) is 3.33. The van der Waals surface area contributed by atoms with Crippen LogP contribution in [0.2, 0.25) is 0 Å².